The number of hydrogen-bond donors (Lipinski definition) is 1. The van der Waals surface area contributed by atoms with Crippen LogP contribution in [0.3, 0.4) is 0 Å². The van der Waals surface area contributed by atoms with Crippen molar-refractivity contribution in [3.8, 4) is 11.6 Å². The summed E-state index contributed by atoms with van der Waals surface area (Å²) >= 11 is 1.55. The molecule has 68 valence electrons. The molecular formula is C7H8N4OS. The van der Waals surface area contributed by atoms with Gasteiger partial charge in [-0.25, -0.2) is 4.98 Å². The number of hydrogen-bond acceptors (Lipinski definition) is 6. The van der Waals surface area contributed by atoms with Gasteiger partial charge < -0.3 is 10.3 Å². The molecule has 2 N–H and O–H groups in total. The van der Waals surface area contributed by atoms with Gasteiger partial charge in [0.05, 0.1) is 5.01 Å². The number of aromatic nitrogens is 3. The van der Waals surface area contributed by atoms with E-state index in [2.05, 4.69) is 15.1 Å². The Labute approximate surface area is 78.6 Å². The van der Waals surface area contributed by atoms with Crippen LogP contribution in [0.25, 0.3) is 11.6 Å². The zero-order chi connectivity index (χ0) is 9.10. The first-order valence-corrected chi connectivity index (χ1v) is 4.69. The van der Waals surface area contributed by atoms with E-state index in [1.54, 1.807) is 11.3 Å². The fraction of sp³-hybridized carbons (Fsp3) is 0.286. The maximum absolute atomic E-state index is 5.40. The van der Waals surface area contributed by atoms with Crippen molar-refractivity contribution in [3.63, 3.8) is 0 Å². The molecule has 0 fully saturated rings. The van der Waals surface area contributed by atoms with Crippen molar-refractivity contribution in [3.05, 3.63) is 16.7 Å². The van der Waals surface area contributed by atoms with E-state index in [4.69, 9.17) is 10.3 Å². The third-order valence-corrected chi connectivity index (χ3v) is 2.40. The van der Waals surface area contributed by atoms with Crippen LogP contribution in [0.15, 0.2) is 16.2 Å². The highest BCUT2D eigenvalue weighted by molar-refractivity contribution is 7.09. The van der Waals surface area contributed by atoms with Gasteiger partial charge in [-0.05, 0) is 6.54 Å². The first kappa shape index (κ1) is 8.33. The predicted molar refractivity (Wildman–Crippen MR) is 48.2 cm³/mol. The number of thiazole rings is 1. The molecule has 0 spiro atoms. The summed E-state index contributed by atoms with van der Waals surface area (Å²) in [7, 11) is 0. The first-order valence-electron chi connectivity index (χ1n) is 3.81. The molecule has 0 saturated heterocycles. The van der Waals surface area contributed by atoms with Gasteiger partial charge in [-0.3, -0.25) is 0 Å². The molecule has 0 unspecified atom stereocenters. The maximum atomic E-state index is 5.40. The summed E-state index contributed by atoms with van der Waals surface area (Å²) in [6.07, 6.45) is 2.15. The number of rotatable bonds is 3. The Morgan fingerprint density at radius 2 is 2.46 bits per heavy atom. The van der Waals surface area contributed by atoms with E-state index < -0.39 is 0 Å². The SMILES string of the molecule is NCCc1nc(-c2ncno2)cs1. The standard InChI is InChI=1S/C7H8N4OS/c8-2-1-6-11-5(3-13-6)7-9-4-10-12-7/h3-4H,1-2,8H2. The van der Waals surface area contributed by atoms with Gasteiger partial charge in [-0.15, -0.1) is 11.3 Å². The second-order valence-corrected chi connectivity index (χ2v) is 3.35. The average molecular weight is 196 g/mol. The molecule has 0 atom stereocenters. The molecule has 0 aliphatic rings. The lowest BCUT2D eigenvalue weighted by atomic mass is 10.4. The Morgan fingerprint density at radius 1 is 1.54 bits per heavy atom. The minimum absolute atomic E-state index is 0.458. The van der Waals surface area contributed by atoms with E-state index in [9.17, 15) is 0 Å². The lowest BCUT2D eigenvalue weighted by Gasteiger charge is -1.87. The Kier molecular flexibility index (Phi) is 2.33. The van der Waals surface area contributed by atoms with E-state index in [1.165, 1.54) is 6.33 Å². The number of nitrogens with zero attached hydrogens (tertiary/aromatic N) is 3. The van der Waals surface area contributed by atoms with Crippen LogP contribution in [0.4, 0.5) is 0 Å². The Bertz CT molecular complexity index is 370. The Morgan fingerprint density at radius 3 is 3.15 bits per heavy atom. The zero-order valence-electron chi connectivity index (χ0n) is 6.80. The molecule has 2 aromatic heterocycles. The van der Waals surface area contributed by atoms with Gasteiger partial charge in [0.25, 0.3) is 5.89 Å². The molecule has 5 nitrogen and oxygen atoms in total. The van der Waals surface area contributed by atoms with Crippen LogP contribution >= 0.6 is 11.3 Å². The molecule has 0 aliphatic heterocycles. The van der Waals surface area contributed by atoms with Gasteiger partial charge in [0, 0.05) is 11.8 Å². The summed E-state index contributed by atoms with van der Waals surface area (Å²) < 4.78 is 4.86. The van der Waals surface area contributed by atoms with E-state index in [0.717, 1.165) is 17.1 Å². The molecular weight excluding hydrogens is 188 g/mol. The largest absolute Gasteiger partial charge is 0.333 e. The fourth-order valence-electron chi connectivity index (χ4n) is 0.933. The summed E-state index contributed by atoms with van der Waals surface area (Å²) in [6, 6.07) is 0. The molecule has 0 saturated carbocycles. The second-order valence-electron chi connectivity index (χ2n) is 2.41. The molecule has 6 heteroatoms. The van der Waals surface area contributed by atoms with E-state index in [0.29, 0.717) is 12.4 Å². The summed E-state index contributed by atoms with van der Waals surface area (Å²) in [5.41, 5.74) is 6.13. The van der Waals surface area contributed by atoms with Gasteiger partial charge in [0.15, 0.2) is 6.33 Å². The summed E-state index contributed by atoms with van der Waals surface area (Å²) in [5, 5.41) is 6.39. The lowest BCUT2D eigenvalue weighted by Crippen LogP contribution is -2.01. The van der Waals surface area contributed by atoms with E-state index in [1.807, 2.05) is 5.38 Å². The number of nitrogens with two attached hydrogens (primary N) is 1. The van der Waals surface area contributed by atoms with Gasteiger partial charge in [-0.1, -0.05) is 5.16 Å². The van der Waals surface area contributed by atoms with Crippen molar-refractivity contribution in [2.45, 2.75) is 6.42 Å². The summed E-state index contributed by atoms with van der Waals surface area (Å²) in [6.45, 7) is 0.608. The van der Waals surface area contributed by atoms with Crippen LogP contribution in [0, 0.1) is 0 Å². The Hall–Kier alpha value is -1.27. The third kappa shape index (κ3) is 1.73. The lowest BCUT2D eigenvalue weighted by molar-refractivity contribution is 0.429. The monoisotopic (exact) mass is 196 g/mol. The summed E-state index contributed by atoms with van der Waals surface area (Å²) in [4.78, 5) is 8.18. The molecule has 0 radical (unpaired) electrons. The van der Waals surface area contributed by atoms with Crippen molar-refractivity contribution in [2.24, 2.45) is 5.73 Å². The van der Waals surface area contributed by atoms with Crippen molar-refractivity contribution < 1.29 is 4.52 Å². The minimum atomic E-state index is 0.458. The summed E-state index contributed by atoms with van der Waals surface area (Å²) in [5.74, 6) is 0.458. The minimum Gasteiger partial charge on any atom is -0.333 e. The first-order chi connectivity index (χ1) is 6.40. The van der Waals surface area contributed by atoms with Crippen LogP contribution in [-0.4, -0.2) is 21.7 Å². The highest BCUT2D eigenvalue weighted by Gasteiger charge is 2.07. The highest BCUT2D eigenvalue weighted by atomic mass is 32.1. The van der Waals surface area contributed by atoms with Gasteiger partial charge >= 0.3 is 0 Å². The fourth-order valence-corrected chi connectivity index (χ4v) is 1.72. The predicted octanol–water partition coefficient (Wildman–Crippen LogP) is 0.694. The van der Waals surface area contributed by atoms with Crippen LogP contribution in [0.5, 0.6) is 0 Å². The highest BCUT2D eigenvalue weighted by Crippen LogP contribution is 2.19. The van der Waals surface area contributed by atoms with Crippen LogP contribution in [0.2, 0.25) is 0 Å². The molecule has 2 heterocycles. The van der Waals surface area contributed by atoms with Crippen LogP contribution in [-0.2, 0) is 6.42 Å². The molecule has 0 bridgehead atoms. The zero-order valence-corrected chi connectivity index (χ0v) is 7.62. The molecule has 13 heavy (non-hydrogen) atoms. The van der Waals surface area contributed by atoms with Crippen LogP contribution < -0.4 is 5.73 Å². The van der Waals surface area contributed by atoms with Gasteiger partial charge in [-0.2, -0.15) is 4.98 Å². The molecule has 0 aromatic carbocycles. The van der Waals surface area contributed by atoms with Gasteiger partial charge in [0.1, 0.15) is 5.69 Å². The molecule has 0 aliphatic carbocycles. The topological polar surface area (TPSA) is 77.8 Å². The quantitative estimate of drug-likeness (QED) is 0.781. The maximum Gasteiger partial charge on any atom is 0.277 e. The molecule has 2 aromatic rings. The van der Waals surface area contributed by atoms with Crippen molar-refractivity contribution in [1.29, 1.82) is 0 Å². The van der Waals surface area contributed by atoms with Crippen molar-refractivity contribution in [1.82, 2.24) is 15.1 Å². The van der Waals surface area contributed by atoms with E-state index in [-0.39, 0.29) is 0 Å². The van der Waals surface area contributed by atoms with Gasteiger partial charge in [0.2, 0.25) is 0 Å². The molecule has 2 rings (SSSR count). The second kappa shape index (κ2) is 3.63. The molecule has 0 amide bonds. The third-order valence-electron chi connectivity index (χ3n) is 1.49. The van der Waals surface area contributed by atoms with Crippen molar-refractivity contribution >= 4 is 11.3 Å². The average Bonchev–Trinajstić information content (AvgIpc) is 2.70. The van der Waals surface area contributed by atoms with Crippen molar-refractivity contribution in [2.75, 3.05) is 6.54 Å². The smallest absolute Gasteiger partial charge is 0.277 e. The van der Waals surface area contributed by atoms with E-state index >= 15 is 0 Å². The van der Waals surface area contributed by atoms with Crippen LogP contribution in [0.1, 0.15) is 5.01 Å². The normalized spacial score (nSPS) is 10.5. The Balaban J connectivity index is 2.23.